The van der Waals surface area contributed by atoms with Gasteiger partial charge in [-0.2, -0.15) is 0 Å². The van der Waals surface area contributed by atoms with E-state index in [-0.39, 0.29) is 0 Å². The first kappa shape index (κ1) is 40.3. The molecule has 0 bridgehead atoms. The molecule has 1 unspecified atom stereocenters. The zero-order valence-electron chi connectivity index (χ0n) is 39.0. The number of rotatable bonds is 4. The Morgan fingerprint density at radius 3 is 1.52 bits per heavy atom. The van der Waals surface area contributed by atoms with Crippen LogP contribution in [0.3, 0.4) is 0 Å². The topological polar surface area (TPSA) is 44.9 Å². The van der Waals surface area contributed by atoms with Crippen LogP contribution in [0.25, 0.3) is 110 Å². The second-order valence-electron chi connectivity index (χ2n) is 19.2. The van der Waals surface area contributed by atoms with Gasteiger partial charge in [-0.15, -0.1) is 0 Å². The normalized spacial score (nSPS) is 14.6. The predicted octanol–water partition coefficient (Wildman–Crippen LogP) is 16.8. The lowest BCUT2D eigenvalue weighted by Gasteiger charge is -2.39. The van der Waals surface area contributed by atoms with E-state index in [1.807, 2.05) is 36.3 Å². The Hall–Kier alpha value is -9.48. The number of hydrogen-bond donors (Lipinski definition) is 0. The van der Waals surface area contributed by atoms with Crippen molar-refractivity contribution in [1.82, 2.24) is 23.7 Å². The van der Waals surface area contributed by atoms with Crippen molar-refractivity contribution in [3.8, 4) is 39.6 Å². The fourth-order valence-electron chi connectivity index (χ4n) is 12.6. The number of nitrogens with zero attached hydrogens (tertiary/aromatic N) is 6. The average molecular weight is 947 g/mol. The fraction of sp³-hybridized carbons (Fsp3) is 0.0152. The van der Waals surface area contributed by atoms with Gasteiger partial charge in [-0.1, -0.05) is 133 Å². The number of para-hydroxylation sites is 4. The smallest absolute Gasteiger partial charge is 0.188 e. The Morgan fingerprint density at radius 1 is 0.370 bits per heavy atom. The Balaban J connectivity index is 0.846. The molecule has 0 saturated carbocycles. The summed E-state index contributed by atoms with van der Waals surface area (Å²) in [7, 11) is 0. The van der Waals surface area contributed by atoms with Gasteiger partial charge in [0, 0.05) is 59.9 Å². The second-order valence-corrected chi connectivity index (χ2v) is 20.3. The zero-order valence-corrected chi connectivity index (χ0v) is 39.8. The first-order chi connectivity index (χ1) is 36.2. The van der Waals surface area contributed by atoms with Crippen molar-refractivity contribution in [3.05, 3.63) is 264 Å². The van der Waals surface area contributed by atoms with Crippen molar-refractivity contribution in [1.29, 1.82) is 0 Å². The highest BCUT2D eigenvalue weighted by Gasteiger charge is 2.52. The predicted molar refractivity (Wildman–Crippen MR) is 298 cm³/mol. The Bertz CT molecular complexity index is 4690. The van der Waals surface area contributed by atoms with E-state index in [1.165, 1.54) is 70.1 Å². The van der Waals surface area contributed by atoms with Gasteiger partial charge >= 0.3 is 0 Å². The highest BCUT2D eigenvalue weighted by Crippen LogP contribution is 2.62. The maximum Gasteiger partial charge on any atom is 0.188 e. The molecular formula is C66H38N6S. The van der Waals surface area contributed by atoms with Crippen LogP contribution < -0.4 is 0 Å². The molecule has 1 spiro atoms. The van der Waals surface area contributed by atoms with Gasteiger partial charge in [0.1, 0.15) is 0 Å². The van der Waals surface area contributed by atoms with Crippen molar-refractivity contribution >= 4 is 82.9 Å². The van der Waals surface area contributed by atoms with E-state index in [2.05, 4.69) is 225 Å². The highest BCUT2D eigenvalue weighted by atomic mass is 32.2. The molecule has 6 nitrogen and oxygen atoms in total. The lowest BCUT2D eigenvalue weighted by Crippen LogP contribution is -2.32. The summed E-state index contributed by atoms with van der Waals surface area (Å²) in [6.45, 7) is 7.78. The van der Waals surface area contributed by atoms with Crippen LogP contribution in [0.2, 0.25) is 0 Å². The molecule has 2 aliphatic rings. The summed E-state index contributed by atoms with van der Waals surface area (Å²) >= 11 is 1.84. The molecule has 0 N–H and O–H groups in total. The standard InChI is InChI=1S/C66H38N6S/c1-67-42-26-33-61-51(37-42)49-16-5-10-22-59(49)72(61)45-38-55-65(69-39-45)64-54(18-12-34-68-64)66(55)52-17-6-11-23-62(52)73-63-36-41(24-31-53(63)66)40-25-32-60-50(35-40)48-15-4-9-21-58(48)71(60)44-29-27-43(28-30-44)70-56-19-7-2-13-46(56)47-14-3-8-20-57(47)70/h2-39H. The minimum absolute atomic E-state index is 0.625. The molecule has 5 aromatic heterocycles. The van der Waals surface area contributed by atoms with Gasteiger partial charge in [0.2, 0.25) is 0 Å². The molecule has 1 atom stereocenters. The van der Waals surface area contributed by atoms with E-state index < -0.39 is 5.41 Å². The lowest BCUT2D eigenvalue weighted by molar-refractivity contribution is 0.719. The number of benzene rings is 9. The highest BCUT2D eigenvalue weighted by molar-refractivity contribution is 7.99. The third kappa shape index (κ3) is 5.47. The van der Waals surface area contributed by atoms with E-state index in [0.717, 1.165) is 66.9 Å². The molecule has 0 amide bonds. The molecule has 1 aliphatic carbocycles. The molecular weight excluding hydrogens is 909 g/mol. The maximum absolute atomic E-state index is 7.78. The van der Waals surface area contributed by atoms with Gasteiger partial charge in [-0.25, -0.2) is 4.85 Å². The summed E-state index contributed by atoms with van der Waals surface area (Å²) in [5, 5.41) is 7.11. The van der Waals surface area contributed by atoms with Gasteiger partial charge in [0.25, 0.3) is 0 Å². The largest absolute Gasteiger partial charge is 0.309 e. The summed E-state index contributed by atoms with van der Waals surface area (Å²) in [6, 6.07) is 79.2. The summed E-state index contributed by atoms with van der Waals surface area (Å²) < 4.78 is 7.08. The van der Waals surface area contributed by atoms with Crippen molar-refractivity contribution in [2.45, 2.75) is 15.2 Å². The SMILES string of the molecule is [C-]#[N+]c1ccc2c(c1)c1ccccc1n2-c1cnc2c(c1)C1(c3ccccc3Sc3cc(-c4ccc5c(c4)c4ccccc4n5-c4ccc(-n5c6ccccc6c6ccccc65)cc4)ccc31)c1cccnc1-2. The molecule has 0 radical (unpaired) electrons. The first-order valence-corrected chi connectivity index (χ1v) is 25.4. The lowest BCUT2D eigenvalue weighted by atomic mass is 9.67. The van der Waals surface area contributed by atoms with Gasteiger partial charge in [-0.3, -0.25) is 9.97 Å². The Morgan fingerprint density at radius 2 is 0.863 bits per heavy atom. The van der Waals surface area contributed by atoms with Crippen LogP contribution >= 0.6 is 11.8 Å². The van der Waals surface area contributed by atoms with Crippen LogP contribution in [0, 0.1) is 6.57 Å². The number of fused-ring (bicyclic) bond motifs is 18. The third-order valence-corrected chi connectivity index (χ3v) is 16.7. The van der Waals surface area contributed by atoms with Gasteiger partial charge in [0.15, 0.2) is 5.69 Å². The molecule has 14 aromatic rings. The quantitative estimate of drug-likeness (QED) is 0.165. The van der Waals surface area contributed by atoms with Crippen LogP contribution in [0.15, 0.2) is 241 Å². The van der Waals surface area contributed by atoms with Crippen molar-refractivity contribution in [2.24, 2.45) is 0 Å². The number of pyridine rings is 2. The minimum Gasteiger partial charge on any atom is -0.309 e. The molecule has 9 aromatic carbocycles. The van der Waals surface area contributed by atoms with Crippen molar-refractivity contribution in [2.75, 3.05) is 0 Å². The van der Waals surface area contributed by atoms with Crippen LogP contribution in [-0.2, 0) is 5.41 Å². The molecule has 1 aliphatic heterocycles. The Labute approximate surface area is 423 Å². The monoisotopic (exact) mass is 946 g/mol. The van der Waals surface area contributed by atoms with Gasteiger partial charge in [-0.05, 0) is 130 Å². The van der Waals surface area contributed by atoms with Gasteiger partial charge < -0.3 is 13.7 Å². The summed E-state index contributed by atoms with van der Waals surface area (Å²) in [5.74, 6) is 0. The van der Waals surface area contributed by atoms with Crippen molar-refractivity contribution < 1.29 is 0 Å². The van der Waals surface area contributed by atoms with E-state index in [1.54, 1.807) is 0 Å². The summed E-state index contributed by atoms with van der Waals surface area (Å²) in [4.78, 5) is 16.6. The molecule has 0 saturated heterocycles. The molecule has 338 valence electrons. The Kier molecular flexibility index (Phi) is 8.28. The molecule has 16 rings (SSSR count). The number of hydrogen-bond acceptors (Lipinski definition) is 3. The number of aromatic nitrogens is 5. The molecule has 7 heteroatoms. The third-order valence-electron chi connectivity index (χ3n) is 15.6. The van der Waals surface area contributed by atoms with E-state index in [0.29, 0.717) is 5.69 Å². The fourth-order valence-corrected chi connectivity index (χ4v) is 13.8. The van der Waals surface area contributed by atoms with E-state index in [9.17, 15) is 0 Å². The van der Waals surface area contributed by atoms with E-state index in [4.69, 9.17) is 16.5 Å². The average Bonchev–Trinajstić information content (AvgIpc) is 4.21. The van der Waals surface area contributed by atoms with Crippen LogP contribution in [-0.4, -0.2) is 23.7 Å². The maximum atomic E-state index is 7.78. The molecule has 6 heterocycles. The summed E-state index contributed by atoms with van der Waals surface area (Å²) in [5.41, 5.74) is 18.9. The van der Waals surface area contributed by atoms with Crippen LogP contribution in [0.5, 0.6) is 0 Å². The minimum atomic E-state index is -0.678. The van der Waals surface area contributed by atoms with E-state index >= 15 is 0 Å². The zero-order chi connectivity index (χ0) is 47.9. The van der Waals surface area contributed by atoms with Crippen LogP contribution in [0.4, 0.5) is 5.69 Å². The van der Waals surface area contributed by atoms with Gasteiger partial charge in [0.05, 0.1) is 68.4 Å². The molecule has 73 heavy (non-hydrogen) atoms. The second kappa shape index (κ2) is 15.0. The molecule has 0 fully saturated rings. The summed E-state index contributed by atoms with van der Waals surface area (Å²) in [6.07, 6.45) is 3.88. The van der Waals surface area contributed by atoms with Crippen LogP contribution in [0.1, 0.15) is 22.3 Å². The first-order valence-electron chi connectivity index (χ1n) is 24.6. The van der Waals surface area contributed by atoms with Crippen molar-refractivity contribution in [3.63, 3.8) is 0 Å².